The third kappa shape index (κ3) is 8.52. The molecule has 4 rings (SSSR count). The number of nitrogens with one attached hydrogen (secondary N) is 1. The minimum Gasteiger partial charge on any atom is -0.443 e. The van der Waals surface area contributed by atoms with Crippen LogP contribution in [-0.4, -0.2) is 34.6 Å². The van der Waals surface area contributed by atoms with E-state index in [1.165, 1.54) is 21.6 Å². The average Bonchev–Trinajstić information content (AvgIpc) is 2.93. The summed E-state index contributed by atoms with van der Waals surface area (Å²) in [7, 11) is 0. The predicted molar refractivity (Wildman–Crippen MR) is 156 cm³/mol. The third-order valence-electron chi connectivity index (χ3n) is 7.26. The zero-order valence-electron chi connectivity index (χ0n) is 23.6. The molecule has 0 radical (unpaired) electrons. The van der Waals surface area contributed by atoms with Gasteiger partial charge in [-0.25, -0.2) is 9.69 Å². The first kappa shape index (κ1) is 28.6. The first-order valence-corrected chi connectivity index (χ1v) is 14.2. The third-order valence-corrected chi connectivity index (χ3v) is 7.26. The Morgan fingerprint density at radius 1 is 0.821 bits per heavy atom. The van der Waals surface area contributed by atoms with Crippen LogP contribution in [0.15, 0.2) is 84.9 Å². The number of fused-ring (bicyclic) bond motifs is 1. The molecule has 0 fully saturated rings. The zero-order chi connectivity index (χ0) is 27.7. The molecule has 1 aliphatic rings. The molecule has 5 nitrogen and oxygen atoms in total. The van der Waals surface area contributed by atoms with Gasteiger partial charge in [-0.05, 0) is 88.0 Å². The maximum Gasteiger partial charge on any atom is 0.417 e. The van der Waals surface area contributed by atoms with Crippen LogP contribution in [0.4, 0.5) is 4.79 Å². The van der Waals surface area contributed by atoms with E-state index in [2.05, 4.69) is 66.0 Å². The van der Waals surface area contributed by atoms with E-state index in [1.807, 2.05) is 45.0 Å². The second kappa shape index (κ2) is 13.6. The molecule has 3 aromatic carbocycles. The monoisotopic (exact) mass is 526 g/mol. The molecule has 0 aliphatic carbocycles. The van der Waals surface area contributed by atoms with Gasteiger partial charge in [0.1, 0.15) is 5.60 Å². The fourth-order valence-corrected chi connectivity index (χ4v) is 5.30. The van der Waals surface area contributed by atoms with Gasteiger partial charge in [0.05, 0.1) is 6.04 Å². The van der Waals surface area contributed by atoms with Gasteiger partial charge in [-0.3, -0.25) is 4.79 Å². The Bertz CT molecular complexity index is 1160. The van der Waals surface area contributed by atoms with Crippen LogP contribution in [0.2, 0.25) is 0 Å². The number of ether oxygens (including phenoxy) is 1. The molecule has 0 unspecified atom stereocenters. The van der Waals surface area contributed by atoms with Crippen molar-refractivity contribution in [3.8, 4) is 0 Å². The van der Waals surface area contributed by atoms with Crippen LogP contribution in [0.1, 0.15) is 68.7 Å². The van der Waals surface area contributed by atoms with Crippen molar-refractivity contribution in [3.63, 3.8) is 0 Å². The number of hydrogen-bond acceptors (Lipinski definition) is 4. The molecular weight excluding hydrogens is 484 g/mol. The van der Waals surface area contributed by atoms with Crippen LogP contribution in [0.5, 0.6) is 0 Å². The first-order valence-electron chi connectivity index (χ1n) is 14.2. The Morgan fingerprint density at radius 3 is 1.87 bits per heavy atom. The van der Waals surface area contributed by atoms with Crippen molar-refractivity contribution in [2.45, 2.75) is 89.9 Å². The number of aryl methyl sites for hydroxylation is 2. The Kier molecular flexibility index (Phi) is 9.94. The van der Waals surface area contributed by atoms with E-state index >= 15 is 0 Å². The molecule has 0 aromatic heterocycles. The number of rotatable bonds is 10. The predicted octanol–water partition coefficient (Wildman–Crippen LogP) is 6.88. The topological polar surface area (TPSA) is 58.6 Å². The van der Waals surface area contributed by atoms with E-state index in [4.69, 9.17) is 4.74 Å². The smallest absolute Gasteiger partial charge is 0.417 e. The summed E-state index contributed by atoms with van der Waals surface area (Å²) in [5.74, 6) is -0.192. The molecule has 2 amide bonds. The number of benzene rings is 3. The van der Waals surface area contributed by atoms with Gasteiger partial charge in [-0.2, -0.15) is 0 Å². The summed E-state index contributed by atoms with van der Waals surface area (Å²) in [6, 6.07) is 28.3. The molecule has 0 bridgehead atoms. The summed E-state index contributed by atoms with van der Waals surface area (Å²) in [5.41, 5.74) is 4.19. The van der Waals surface area contributed by atoms with Crippen LogP contribution in [0, 0.1) is 0 Å². The zero-order valence-corrected chi connectivity index (χ0v) is 23.6. The van der Waals surface area contributed by atoms with E-state index in [0.29, 0.717) is 13.0 Å². The average molecular weight is 527 g/mol. The van der Waals surface area contributed by atoms with Crippen molar-refractivity contribution in [2.75, 3.05) is 0 Å². The minimum atomic E-state index is -0.694. The van der Waals surface area contributed by atoms with Gasteiger partial charge in [-0.1, -0.05) is 84.9 Å². The number of imide groups is 1. The van der Waals surface area contributed by atoms with Gasteiger partial charge in [0.2, 0.25) is 5.91 Å². The molecule has 1 aliphatic heterocycles. The number of nitrogens with zero attached hydrogens (tertiary/aromatic N) is 1. The van der Waals surface area contributed by atoms with E-state index in [1.54, 1.807) is 0 Å². The highest BCUT2D eigenvalue weighted by Crippen LogP contribution is 2.24. The second-order valence-corrected chi connectivity index (χ2v) is 11.5. The molecule has 3 aromatic rings. The maximum absolute atomic E-state index is 14.1. The van der Waals surface area contributed by atoms with Gasteiger partial charge in [-0.15, -0.1) is 0 Å². The summed E-state index contributed by atoms with van der Waals surface area (Å²) in [6.07, 6.45) is 5.06. The van der Waals surface area contributed by atoms with Gasteiger partial charge in [0.25, 0.3) is 0 Å². The summed E-state index contributed by atoms with van der Waals surface area (Å²) in [4.78, 5) is 29.2. The van der Waals surface area contributed by atoms with Crippen molar-refractivity contribution in [3.05, 3.63) is 107 Å². The number of carbonyl (C=O) groups excluding carboxylic acids is 2. The highest BCUT2D eigenvalue weighted by molar-refractivity contribution is 5.96. The fourth-order valence-electron chi connectivity index (χ4n) is 5.30. The Labute approximate surface area is 233 Å². The summed E-state index contributed by atoms with van der Waals surface area (Å²) >= 11 is 0. The van der Waals surface area contributed by atoms with E-state index in [9.17, 15) is 9.59 Å². The Balaban J connectivity index is 1.55. The normalized spacial score (nSPS) is 15.0. The summed E-state index contributed by atoms with van der Waals surface area (Å²) < 4.78 is 5.83. The lowest BCUT2D eigenvalue weighted by molar-refractivity contribution is -0.135. The lowest BCUT2D eigenvalue weighted by Crippen LogP contribution is -2.55. The van der Waals surface area contributed by atoms with Gasteiger partial charge in [0.15, 0.2) is 0 Å². The molecular formula is C34H42N2O3. The summed E-state index contributed by atoms with van der Waals surface area (Å²) in [6.45, 7) is 6.16. The quantitative estimate of drug-likeness (QED) is 0.313. The first-order chi connectivity index (χ1) is 18.8. The maximum atomic E-state index is 14.1. The van der Waals surface area contributed by atoms with Crippen molar-refractivity contribution in [1.29, 1.82) is 0 Å². The molecule has 5 heteroatoms. The minimum absolute atomic E-state index is 0.192. The lowest BCUT2D eigenvalue weighted by Gasteiger charge is -2.36. The van der Waals surface area contributed by atoms with E-state index in [0.717, 1.165) is 44.1 Å². The van der Waals surface area contributed by atoms with E-state index in [-0.39, 0.29) is 11.9 Å². The molecule has 1 heterocycles. The number of carbonyl (C=O) groups is 2. The molecule has 206 valence electrons. The fraction of sp³-hybridized carbons (Fsp3) is 0.412. The molecule has 39 heavy (non-hydrogen) atoms. The van der Waals surface area contributed by atoms with Crippen LogP contribution < -0.4 is 5.32 Å². The van der Waals surface area contributed by atoms with Crippen molar-refractivity contribution in [1.82, 2.24) is 10.2 Å². The van der Waals surface area contributed by atoms with Gasteiger partial charge < -0.3 is 10.1 Å². The number of hydrogen-bond donors (Lipinski definition) is 1. The van der Waals surface area contributed by atoms with Crippen LogP contribution in [0.3, 0.4) is 0 Å². The van der Waals surface area contributed by atoms with Crippen LogP contribution >= 0.6 is 0 Å². The highest BCUT2D eigenvalue weighted by Gasteiger charge is 2.38. The van der Waals surface area contributed by atoms with Crippen molar-refractivity contribution in [2.24, 2.45) is 0 Å². The summed E-state index contributed by atoms with van der Waals surface area (Å²) in [5, 5.41) is 3.39. The lowest BCUT2D eigenvalue weighted by atomic mass is 9.93. The highest BCUT2D eigenvalue weighted by atomic mass is 16.6. The van der Waals surface area contributed by atoms with Crippen molar-refractivity contribution >= 4 is 12.0 Å². The molecule has 1 atom stereocenters. The molecule has 0 saturated heterocycles. The largest absolute Gasteiger partial charge is 0.443 e. The Morgan fingerprint density at radius 2 is 1.33 bits per heavy atom. The standard InChI is InChI=1S/C34H42N2O3/c1-34(2,3)39-33(38)36(32(37)31-24-28-20-10-11-21-29(28)25-35-31)30(22-12-18-26-14-6-4-7-15-26)23-13-19-27-16-8-5-9-17-27/h4-11,14-17,20-21,30-31,35H,12-13,18-19,22-25H2,1-3H3/t31-/m0/s1. The second-order valence-electron chi connectivity index (χ2n) is 11.5. The molecule has 0 saturated carbocycles. The van der Waals surface area contributed by atoms with E-state index < -0.39 is 17.7 Å². The number of amides is 2. The van der Waals surface area contributed by atoms with Crippen molar-refractivity contribution < 1.29 is 14.3 Å². The molecule has 1 N–H and O–H groups in total. The van der Waals surface area contributed by atoms with Gasteiger partial charge in [0, 0.05) is 12.6 Å². The SMILES string of the molecule is CC(C)(C)OC(=O)N(C(=O)[C@@H]1Cc2ccccc2CN1)C(CCCc1ccccc1)CCCc1ccccc1. The molecule has 0 spiro atoms. The van der Waals surface area contributed by atoms with Crippen LogP contribution in [0.25, 0.3) is 0 Å². The van der Waals surface area contributed by atoms with Crippen LogP contribution in [-0.2, 0) is 35.3 Å². The van der Waals surface area contributed by atoms with Gasteiger partial charge >= 0.3 is 6.09 Å². The Hall–Kier alpha value is -3.44.